The van der Waals surface area contributed by atoms with E-state index in [0.717, 1.165) is 18.7 Å². The number of rotatable bonds is 5. The summed E-state index contributed by atoms with van der Waals surface area (Å²) in [5.74, 6) is 0.683. The lowest BCUT2D eigenvalue weighted by Crippen LogP contribution is -2.39. The zero-order valence-electron chi connectivity index (χ0n) is 9.05. The molecule has 0 spiro atoms. The Hall–Kier alpha value is -0.540. The number of nitrogens with zero attached hydrogens (tertiary/aromatic N) is 2. The maximum absolute atomic E-state index is 5.71. The molecule has 1 aromatic rings. The van der Waals surface area contributed by atoms with E-state index in [1.165, 1.54) is 0 Å². The van der Waals surface area contributed by atoms with Crippen LogP contribution in [0.15, 0.2) is 12.3 Å². The molecule has 0 amide bonds. The summed E-state index contributed by atoms with van der Waals surface area (Å²) in [5, 5.41) is 7.72. The zero-order valence-corrected chi connectivity index (χ0v) is 9.80. The molecule has 80 valence electrons. The molecule has 0 atom stereocenters. The fourth-order valence-electron chi connectivity index (χ4n) is 1.21. The van der Waals surface area contributed by atoms with E-state index in [-0.39, 0.29) is 5.54 Å². The summed E-state index contributed by atoms with van der Waals surface area (Å²) in [6, 6.07) is 2.02. The second kappa shape index (κ2) is 4.80. The smallest absolute Gasteiger partial charge is 0.0762 e. The van der Waals surface area contributed by atoms with Crippen molar-refractivity contribution in [2.45, 2.75) is 32.4 Å². The van der Waals surface area contributed by atoms with Gasteiger partial charge in [0.25, 0.3) is 0 Å². The highest BCUT2D eigenvalue weighted by Crippen LogP contribution is 2.10. The van der Waals surface area contributed by atoms with E-state index in [9.17, 15) is 0 Å². The zero-order chi connectivity index (χ0) is 10.6. The van der Waals surface area contributed by atoms with Gasteiger partial charge in [0.05, 0.1) is 5.69 Å². The van der Waals surface area contributed by atoms with Crippen molar-refractivity contribution in [1.29, 1.82) is 0 Å². The Morgan fingerprint density at radius 3 is 2.79 bits per heavy atom. The fraction of sp³-hybridized carbons (Fsp3) is 0.700. The summed E-state index contributed by atoms with van der Waals surface area (Å²) in [6.45, 7) is 5.10. The number of aromatic nitrogens is 2. The molecule has 0 bridgehead atoms. The average Bonchev–Trinajstić information content (AvgIpc) is 2.48. The molecule has 0 saturated carbocycles. The van der Waals surface area contributed by atoms with Crippen LogP contribution in [0.4, 0.5) is 0 Å². The van der Waals surface area contributed by atoms with Crippen molar-refractivity contribution in [1.82, 2.24) is 15.1 Å². The summed E-state index contributed by atoms with van der Waals surface area (Å²) in [7, 11) is 1.92. The van der Waals surface area contributed by atoms with Crippen LogP contribution < -0.4 is 5.32 Å². The highest BCUT2D eigenvalue weighted by Gasteiger charge is 2.15. The minimum absolute atomic E-state index is 0.0826. The lowest BCUT2D eigenvalue weighted by atomic mass is 10.0. The van der Waals surface area contributed by atoms with Gasteiger partial charge < -0.3 is 5.32 Å². The lowest BCUT2D eigenvalue weighted by Gasteiger charge is -2.24. The first kappa shape index (κ1) is 11.5. The second-order valence-corrected chi connectivity index (χ2v) is 4.54. The maximum Gasteiger partial charge on any atom is 0.0762 e. The lowest BCUT2D eigenvalue weighted by molar-refractivity contribution is 0.373. The quantitative estimate of drug-likeness (QED) is 0.761. The molecular formula is C10H18ClN3. The van der Waals surface area contributed by atoms with Gasteiger partial charge in [-0.2, -0.15) is 5.10 Å². The molecule has 0 radical (unpaired) electrons. The summed E-state index contributed by atoms with van der Waals surface area (Å²) in [5.41, 5.74) is 1.15. The average molecular weight is 216 g/mol. The Morgan fingerprint density at radius 1 is 1.57 bits per heavy atom. The van der Waals surface area contributed by atoms with Crippen LogP contribution in [0.3, 0.4) is 0 Å². The van der Waals surface area contributed by atoms with Gasteiger partial charge in [-0.1, -0.05) is 0 Å². The van der Waals surface area contributed by atoms with Crippen LogP contribution in [0.1, 0.15) is 26.0 Å². The minimum Gasteiger partial charge on any atom is -0.306 e. The van der Waals surface area contributed by atoms with Gasteiger partial charge >= 0.3 is 0 Å². The van der Waals surface area contributed by atoms with Crippen molar-refractivity contribution >= 4 is 11.6 Å². The monoisotopic (exact) mass is 215 g/mol. The van der Waals surface area contributed by atoms with Crippen molar-refractivity contribution in [2.24, 2.45) is 7.05 Å². The van der Waals surface area contributed by atoms with E-state index < -0.39 is 0 Å². The summed E-state index contributed by atoms with van der Waals surface area (Å²) >= 11 is 5.71. The topological polar surface area (TPSA) is 29.9 Å². The third-order valence-corrected chi connectivity index (χ3v) is 2.43. The Bertz CT molecular complexity index is 281. The van der Waals surface area contributed by atoms with Gasteiger partial charge in [0.1, 0.15) is 0 Å². The van der Waals surface area contributed by atoms with Crippen molar-refractivity contribution < 1.29 is 0 Å². The number of nitrogens with one attached hydrogen (secondary N) is 1. The normalized spacial score (nSPS) is 12.0. The standard InChI is InChI=1S/C10H18ClN3/c1-10(2,5-6-11)12-8-9-4-7-14(3)13-9/h4,7,12H,5-6,8H2,1-3H3. The van der Waals surface area contributed by atoms with Gasteiger partial charge in [-0.3, -0.25) is 4.68 Å². The first-order valence-corrected chi connectivity index (χ1v) is 5.36. The van der Waals surface area contributed by atoms with E-state index in [0.29, 0.717) is 5.88 Å². The SMILES string of the molecule is Cn1ccc(CNC(C)(C)CCCl)n1. The van der Waals surface area contributed by atoms with Crippen LogP contribution in [0.2, 0.25) is 0 Å². The molecule has 1 N–H and O–H groups in total. The molecule has 4 heteroatoms. The van der Waals surface area contributed by atoms with E-state index in [2.05, 4.69) is 24.3 Å². The summed E-state index contributed by atoms with van der Waals surface area (Å²) in [6.07, 6.45) is 2.91. The van der Waals surface area contributed by atoms with E-state index >= 15 is 0 Å². The van der Waals surface area contributed by atoms with Gasteiger partial charge in [-0.25, -0.2) is 0 Å². The molecule has 0 unspecified atom stereocenters. The Labute approximate surface area is 90.4 Å². The van der Waals surface area contributed by atoms with Gasteiger partial charge in [-0.05, 0) is 26.3 Å². The van der Waals surface area contributed by atoms with Gasteiger partial charge in [0.15, 0.2) is 0 Å². The first-order valence-electron chi connectivity index (χ1n) is 4.83. The van der Waals surface area contributed by atoms with Gasteiger partial charge in [0, 0.05) is 31.2 Å². The van der Waals surface area contributed by atoms with Crippen molar-refractivity contribution in [3.8, 4) is 0 Å². The Kier molecular flexibility index (Phi) is 3.96. The van der Waals surface area contributed by atoms with Crippen LogP contribution in [-0.4, -0.2) is 21.2 Å². The molecule has 0 fully saturated rings. The Morgan fingerprint density at radius 2 is 2.29 bits per heavy atom. The first-order chi connectivity index (χ1) is 6.53. The Balaban J connectivity index is 2.40. The van der Waals surface area contributed by atoms with Crippen LogP contribution in [-0.2, 0) is 13.6 Å². The molecule has 0 aliphatic carbocycles. The number of hydrogen-bond acceptors (Lipinski definition) is 2. The predicted octanol–water partition coefficient (Wildman–Crippen LogP) is 1.92. The van der Waals surface area contributed by atoms with E-state index in [4.69, 9.17) is 11.6 Å². The fourth-order valence-corrected chi connectivity index (χ4v) is 1.68. The molecule has 0 aliphatic heterocycles. The third-order valence-electron chi connectivity index (χ3n) is 2.24. The molecule has 1 rings (SSSR count). The highest BCUT2D eigenvalue weighted by molar-refractivity contribution is 6.17. The molecule has 0 aromatic carbocycles. The van der Waals surface area contributed by atoms with Crippen LogP contribution in [0.25, 0.3) is 0 Å². The number of halogens is 1. The number of aryl methyl sites for hydroxylation is 1. The van der Waals surface area contributed by atoms with Crippen molar-refractivity contribution in [2.75, 3.05) is 5.88 Å². The highest BCUT2D eigenvalue weighted by atomic mass is 35.5. The van der Waals surface area contributed by atoms with Gasteiger partial charge in [0.2, 0.25) is 0 Å². The minimum atomic E-state index is 0.0826. The van der Waals surface area contributed by atoms with E-state index in [1.807, 2.05) is 24.0 Å². The van der Waals surface area contributed by atoms with Crippen molar-refractivity contribution in [3.05, 3.63) is 18.0 Å². The maximum atomic E-state index is 5.71. The van der Waals surface area contributed by atoms with Gasteiger partial charge in [-0.15, -0.1) is 11.6 Å². The van der Waals surface area contributed by atoms with Crippen molar-refractivity contribution in [3.63, 3.8) is 0 Å². The van der Waals surface area contributed by atoms with Crippen LogP contribution >= 0.6 is 11.6 Å². The summed E-state index contributed by atoms with van der Waals surface area (Å²) in [4.78, 5) is 0. The largest absolute Gasteiger partial charge is 0.306 e. The number of alkyl halides is 1. The predicted molar refractivity (Wildman–Crippen MR) is 59.5 cm³/mol. The molecule has 0 saturated heterocycles. The van der Waals surface area contributed by atoms with Crippen LogP contribution in [0.5, 0.6) is 0 Å². The van der Waals surface area contributed by atoms with Crippen LogP contribution in [0, 0.1) is 0 Å². The molecule has 14 heavy (non-hydrogen) atoms. The number of hydrogen-bond donors (Lipinski definition) is 1. The molecule has 1 heterocycles. The molecule has 3 nitrogen and oxygen atoms in total. The van der Waals surface area contributed by atoms with E-state index in [1.54, 1.807) is 0 Å². The third kappa shape index (κ3) is 3.68. The summed E-state index contributed by atoms with van der Waals surface area (Å²) < 4.78 is 1.81. The molecule has 0 aliphatic rings. The second-order valence-electron chi connectivity index (χ2n) is 4.16. The molecular weight excluding hydrogens is 198 g/mol. The molecule has 1 aromatic heterocycles.